The summed E-state index contributed by atoms with van der Waals surface area (Å²) in [6.07, 6.45) is 0. The van der Waals surface area contributed by atoms with Gasteiger partial charge in [-0.15, -0.1) is 0 Å². The van der Waals surface area contributed by atoms with E-state index in [2.05, 4.69) is 72.7 Å². The molecule has 0 fully saturated rings. The minimum Gasteiger partial charge on any atom is -0.358 e. The lowest BCUT2D eigenvalue weighted by Gasteiger charge is -2.04. The summed E-state index contributed by atoms with van der Waals surface area (Å²) in [5, 5.41) is 3.38. The summed E-state index contributed by atoms with van der Waals surface area (Å²) >= 11 is 1.41. The van der Waals surface area contributed by atoms with Crippen molar-refractivity contribution < 1.29 is 4.79 Å². The highest BCUT2D eigenvalue weighted by atomic mass is 32.2. The molecule has 25 heavy (non-hydrogen) atoms. The Labute approximate surface area is 152 Å². The number of imidazole rings is 1. The number of nitrogens with zero attached hydrogens (tertiary/aromatic N) is 1. The maximum Gasteiger partial charge on any atom is 0.230 e. The van der Waals surface area contributed by atoms with Crippen molar-refractivity contribution in [3.8, 4) is 22.5 Å². The average Bonchev–Trinajstić information content (AvgIpc) is 3.05. The van der Waals surface area contributed by atoms with Gasteiger partial charge in [0.1, 0.15) is 0 Å². The molecule has 128 valence electrons. The number of benzene rings is 2. The molecule has 5 heteroatoms. The van der Waals surface area contributed by atoms with Crippen LogP contribution in [0.4, 0.5) is 0 Å². The molecule has 1 aromatic heterocycles. The molecule has 0 aliphatic rings. The minimum atomic E-state index is -0.0184. The molecule has 3 rings (SSSR count). The average molecular weight is 351 g/mol. The normalized spacial score (nSPS) is 10.7. The van der Waals surface area contributed by atoms with Gasteiger partial charge in [-0.3, -0.25) is 4.79 Å². The maximum absolute atomic E-state index is 11.5. The molecule has 0 unspecified atom stereocenters. The fraction of sp³-hybridized carbons (Fsp3) is 0.200. The highest BCUT2D eigenvalue weighted by molar-refractivity contribution is 7.99. The number of hydrogen-bond donors (Lipinski definition) is 2. The summed E-state index contributed by atoms with van der Waals surface area (Å²) in [4.78, 5) is 19.6. The van der Waals surface area contributed by atoms with Crippen molar-refractivity contribution in [2.24, 2.45) is 0 Å². The molecule has 0 atom stereocenters. The second-order valence-electron chi connectivity index (χ2n) is 5.96. The Morgan fingerprint density at radius 3 is 2.12 bits per heavy atom. The number of hydrogen-bond acceptors (Lipinski definition) is 3. The predicted molar refractivity (Wildman–Crippen MR) is 104 cm³/mol. The summed E-state index contributed by atoms with van der Waals surface area (Å²) in [6.45, 7) is 4.14. The van der Waals surface area contributed by atoms with E-state index < -0.39 is 0 Å². The Balaban J connectivity index is 2.01. The quantitative estimate of drug-likeness (QED) is 0.677. The topological polar surface area (TPSA) is 57.8 Å². The van der Waals surface area contributed by atoms with Crippen molar-refractivity contribution in [3.05, 3.63) is 59.7 Å². The monoisotopic (exact) mass is 351 g/mol. The summed E-state index contributed by atoms with van der Waals surface area (Å²) in [7, 11) is 1.64. The molecule has 1 heterocycles. The van der Waals surface area contributed by atoms with Crippen molar-refractivity contribution in [1.82, 2.24) is 15.3 Å². The number of nitrogens with one attached hydrogen (secondary N) is 2. The molecule has 0 radical (unpaired) electrons. The molecule has 2 N–H and O–H groups in total. The molecule has 0 saturated carbocycles. The first-order valence-corrected chi connectivity index (χ1v) is 9.13. The van der Waals surface area contributed by atoms with Crippen LogP contribution in [0.3, 0.4) is 0 Å². The fourth-order valence-electron chi connectivity index (χ4n) is 2.48. The number of carbonyl (C=O) groups is 1. The van der Waals surface area contributed by atoms with Crippen LogP contribution >= 0.6 is 11.8 Å². The largest absolute Gasteiger partial charge is 0.358 e. The third kappa shape index (κ3) is 4.12. The second-order valence-corrected chi connectivity index (χ2v) is 6.92. The van der Waals surface area contributed by atoms with Crippen LogP contribution in [-0.2, 0) is 4.79 Å². The number of aryl methyl sites for hydroxylation is 2. The number of H-pyrrole nitrogens is 1. The van der Waals surface area contributed by atoms with Gasteiger partial charge in [-0.25, -0.2) is 4.98 Å². The Morgan fingerprint density at radius 2 is 1.56 bits per heavy atom. The third-order valence-corrected chi connectivity index (χ3v) is 4.84. The smallest absolute Gasteiger partial charge is 0.230 e. The molecular formula is C20H21N3OS. The Bertz CT molecular complexity index is 804. The van der Waals surface area contributed by atoms with Crippen LogP contribution in [0.15, 0.2) is 53.7 Å². The fourth-order valence-corrected chi connectivity index (χ4v) is 3.22. The molecular weight excluding hydrogens is 330 g/mol. The van der Waals surface area contributed by atoms with E-state index in [-0.39, 0.29) is 5.91 Å². The van der Waals surface area contributed by atoms with Gasteiger partial charge in [0.15, 0.2) is 5.16 Å². The van der Waals surface area contributed by atoms with Gasteiger partial charge in [0.05, 0.1) is 17.1 Å². The van der Waals surface area contributed by atoms with Crippen molar-refractivity contribution in [3.63, 3.8) is 0 Å². The van der Waals surface area contributed by atoms with Crippen LogP contribution in [0.1, 0.15) is 11.1 Å². The molecule has 4 nitrogen and oxygen atoms in total. The van der Waals surface area contributed by atoms with Gasteiger partial charge in [-0.05, 0) is 13.8 Å². The van der Waals surface area contributed by atoms with Crippen molar-refractivity contribution in [2.45, 2.75) is 19.0 Å². The molecule has 0 saturated heterocycles. The number of carbonyl (C=O) groups excluding carboxylic acids is 1. The van der Waals surface area contributed by atoms with Gasteiger partial charge in [-0.1, -0.05) is 71.4 Å². The zero-order valence-corrected chi connectivity index (χ0v) is 15.4. The van der Waals surface area contributed by atoms with Crippen LogP contribution in [0.5, 0.6) is 0 Å². The van der Waals surface area contributed by atoms with Gasteiger partial charge >= 0.3 is 0 Å². The summed E-state index contributed by atoms with van der Waals surface area (Å²) in [5.74, 6) is 0.320. The van der Waals surface area contributed by atoms with E-state index in [1.54, 1.807) is 7.05 Å². The van der Waals surface area contributed by atoms with Crippen molar-refractivity contribution in [2.75, 3.05) is 12.8 Å². The first kappa shape index (κ1) is 17.3. The summed E-state index contributed by atoms with van der Waals surface area (Å²) in [5.41, 5.74) is 6.45. The zero-order valence-electron chi connectivity index (χ0n) is 14.6. The van der Waals surface area contributed by atoms with Gasteiger partial charge in [-0.2, -0.15) is 0 Å². The Kier molecular flexibility index (Phi) is 5.24. The third-order valence-electron chi connectivity index (χ3n) is 3.97. The van der Waals surface area contributed by atoms with Crippen LogP contribution in [-0.4, -0.2) is 28.7 Å². The van der Waals surface area contributed by atoms with Crippen molar-refractivity contribution in [1.29, 1.82) is 0 Å². The lowest BCUT2D eigenvalue weighted by molar-refractivity contribution is -0.118. The second kappa shape index (κ2) is 7.57. The number of aromatic nitrogens is 2. The van der Waals surface area contributed by atoms with Gasteiger partial charge in [0.2, 0.25) is 5.91 Å². The first-order chi connectivity index (χ1) is 12.1. The van der Waals surface area contributed by atoms with Crippen LogP contribution < -0.4 is 5.32 Å². The van der Waals surface area contributed by atoms with E-state index >= 15 is 0 Å². The number of amides is 1. The summed E-state index contributed by atoms with van der Waals surface area (Å²) < 4.78 is 0. The minimum absolute atomic E-state index is 0.0184. The maximum atomic E-state index is 11.5. The molecule has 0 aliphatic heterocycles. The molecule has 3 aromatic rings. The lowest BCUT2D eigenvalue weighted by Crippen LogP contribution is -2.19. The van der Waals surface area contributed by atoms with E-state index in [9.17, 15) is 4.79 Å². The standard InChI is InChI=1S/C20H21N3OS/c1-13-4-8-15(9-5-13)18-19(16-10-6-14(2)7-11-16)23-20(22-18)25-12-17(24)21-3/h4-11H,12H2,1-3H3,(H,21,24)(H,22,23). The molecule has 0 bridgehead atoms. The van der Waals surface area contributed by atoms with E-state index in [1.807, 2.05) is 0 Å². The van der Waals surface area contributed by atoms with Gasteiger partial charge in [0.25, 0.3) is 0 Å². The molecule has 0 aliphatic carbocycles. The highest BCUT2D eigenvalue weighted by Gasteiger charge is 2.15. The molecule has 2 aromatic carbocycles. The highest BCUT2D eigenvalue weighted by Crippen LogP contribution is 2.33. The van der Waals surface area contributed by atoms with E-state index in [0.29, 0.717) is 5.75 Å². The van der Waals surface area contributed by atoms with Gasteiger partial charge < -0.3 is 10.3 Å². The SMILES string of the molecule is CNC(=O)CSc1nc(-c2ccc(C)cc2)c(-c2ccc(C)cc2)[nH]1. The van der Waals surface area contributed by atoms with Crippen LogP contribution in [0.25, 0.3) is 22.5 Å². The molecule has 1 amide bonds. The van der Waals surface area contributed by atoms with Crippen molar-refractivity contribution >= 4 is 17.7 Å². The van der Waals surface area contributed by atoms with E-state index in [0.717, 1.165) is 27.7 Å². The first-order valence-electron chi connectivity index (χ1n) is 8.14. The predicted octanol–water partition coefficient (Wildman–Crippen LogP) is 4.20. The lowest BCUT2D eigenvalue weighted by atomic mass is 10.0. The number of aromatic amines is 1. The zero-order chi connectivity index (χ0) is 17.8. The van der Waals surface area contributed by atoms with E-state index in [1.165, 1.54) is 22.9 Å². The molecule has 0 spiro atoms. The number of thioether (sulfide) groups is 1. The summed E-state index contributed by atoms with van der Waals surface area (Å²) in [6, 6.07) is 16.7. The Morgan fingerprint density at radius 1 is 1.00 bits per heavy atom. The van der Waals surface area contributed by atoms with Crippen LogP contribution in [0, 0.1) is 13.8 Å². The van der Waals surface area contributed by atoms with E-state index in [4.69, 9.17) is 4.98 Å². The van der Waals surface area contributed by atoms with Crippen LogP contribution in [0.2, 0.25) is 0 Å². The Hall–Kier alpha value is -2.53. The number of rotatable bonds is 5. The van der Waals surface area contributed by atoms with Gasteiger partial charge in [0, 0.05) is 18.2 Å².